The maximum Gasteiger partial charge on any atom is 0.337 e. The molecule has 0 aliphatic carbocycles. The number of carboxylic acids is 1. The fourth-order valence-corrected chi connectivity index (χ4v) is 2.15. The van der Waals surface area contributed by atoms with Crippen molar-refractivity contribution in [3.8, 4) is 0 Å². The summed E-state index contributed by atoms with van der Waals surface area (Å²) in [6.07, 6.45) is 0. The number of aromatic carboxylic acids is 1. The molecule has 0 aromatic heterocycles. The van der Waals surface area contributed by atoms with Crippen LogP contribution in [-0.4, -0.2) is 11.1 Å². The van der Waals surface area contributed by atoms with Gasteiger partial charge in [-0.25, -0.2) is 9.18 Å². The lowest BCUT2D eigenvalue weighted by molar-refractivity contribution is 0.0698. The van der Waals surface area contributed by atoms with Crippen LogP contribution in [0.1, 0.15) is 10.4 Å². The normalized spacial score (nSPS) is 10.3. The van der Waals surface area contributed by atoms with Gasteiger partial charge in [-0.3, -0.25) is 0 Å². The molecule has 4 nitrogen and oxygen atoms in total. The van der Waals surface area contributed by atoms with Crippen molar-refractivity contribution in [1.29, 1.82) is 0 Å². The second-order valence-corrected chi connectivity index (χ2v) is 5.15. The molecule has 0 bridgehead atoms. The number of benzene rings is 2. The van der Waals surface area contributed by atoms with Crippen LogP contribution in [0.3, 0.4) is 0 Å². The van der Waals surface area contributed by atoms with Gasteiger partial charge in [-0.15, -0.1) is 0 Å². The summed E-state index contributed by atoms with van der Waals surface area (Å²) >= 11 is 9.20. The van der Waals surface area contributed by atoms with Crippen LogP contribution < -0.4 is 11.1 Å². The van der Waals surface area contributed by atoms with Gasteiger partial charge in [0.05, 0.1) is 26.4 Å². The van der Waals surface area contributed by atoms with Gasteiger partial charge in [-0.1, -0.05) is 17.7 Å². The first-order valence-corrected chi connectivity index (χ1v) is 6.60. The van der Waals surface area contributed by atoms with E-state index < -0.39 is 11.8 Å². The highest BCUT2D eigenvalue weighted by Crippen LogP contribution is 2.33. The molecule has 0 amide bonds. The van der Waals surface area contributed by atoms with Crippen molar-refractivity contribution in [2.45, 2.75) is 0 Å². The number of nitrogen functional groups attached to an aromatic ring is 1. The zero-order valence-electron chi connectivity index (χ0n) is 9.95. The molecule has 0 atom stereocenters. The van der Waals surface area contributed by atoms with Crippen LogP contribution in [0.15, 0.2) is 34.8 Å². The predicted molar refractivity (Wildman–Crippen MR) is 80.2 cm³/mol. The molecule has 0 unspecified atom stereocenters. The monoisotopic (exact) mass is 358 g/mol. The van der Waals surface area contributed by atoms with Gasteiger partial charge in [0.15, 0.2) is 0 Å². The zero-order valence-corrected chi connectivity index (χ0v) is 12.3. The van der Waals surface area contributed by atoms with Crippen molar-refractivity contribution >= 4 is 50.6 Å². The lowest BCUT2D eigenvalue weighted by atomic mass is 10.1. The number of nitrogens with one attached hydrogen (secondary N) is 1. The van der Waals surface area contributed by atoms with Crippen LogP contribution in [0.5, 0.6) is 0 Å². The minimum atomic E-state index is -1.23. The van der Waals surface area contributed by atoms with Crippen LogP contribution >= 0.6 is 27.5 Å². The Kier molecular flexibility index (Phi) is 4.15. The summed E-state index contributed by atoms with van der Waals surface area (Å²) in [6.45, 7) is 0. The second kappa shape index (κ2) is 5.68. The number of carboxylic acid groups (broad SMARTS) is 1. The topological polar surface area (TPSA) is 75.3 Å². The van der Waals surface area contributed by atoms with Crippen LogP contribution in [-0.2, 0) is 0 Å². The third-order valence-corrected chi connectivity index (χ3v) is 3.99. The van der Waals surface area contributed by atoms with Crippen molar-refractivity contribution in [3.63, 3.8) is 0 Å². The fourth-order valence-electron chi connectivity index (χ4n) is 1.62. The Balaban J connectivity index is 2.46. The molecule has 2 aromatic carbocycles. The molecule has 0 radical (unpaired) electrons. The van der Waals surface area contributed by atoms with E-state index in [0.717, 1.165) is 12.1 Å². The van der Waals surface area contributed by atoms with Crippen molar-refractivity contribution < 1.29 is 14.3 Å². The lowest BCUT2D eigenvalue weighted by Crippen LogP contribution is -2.05. The fraction of sp³-hybridized carbons (Fsp3) is 0. The standard InChI is InChI=1S/C13H9BrClFN2O2/c14-12-7(15)2-1-3-10(12)18-11-4-6(13(19)20)9(17)5-8(11)16/h1-5,18H,17H2,(H,19,20). The van der Waals surface area contributed by atoms with Crippen LogP contribution in [0, 0.1) is 5.82 Å². The number of nitrogens with two attached hydrogens (primary N) is 1. The van der Waals surface area contributed by atoms with Crippen LogP contribution in [0.25, 0.3) is 0 Å². The Morgan fingerprint density at radius 2 is 2.05 bits per heavy atom. The number of halogens is 3. The van der Waals surface area contributed by atoms with E-state index in [0.29, 0.717) is 15.2 Å². The zero-order chi connectivity index (χ0) is 14.9. The molecule has 0 fully saturated rings. The van der Waals surface area contributed by atoms with E-state index in [1.54, 1.807) is 18.2 Å². The van der Waals surface area contributed by atoms with E-state index in [1.165, 1.54) is 0 Å². The number of carbonyl (C=O) groups is 1. The van der Waals surface area contributed by atoms with Gasteiger partial charge < -0.3 is 16.2 Å². The Morgan fingerprint density at radius 3 is 2.70 bits per heavy atom. The van der Waals surface area contributed by atoms with Gasteiger partial charge in [0, 0.05) is 5.69 Å². The number of hydrogen-bond acceptors (Lipinski definition) is 3. The summed E-state index contributed by atoms with van der Waals surface area (Å²) in [4.78, 5) is 11.0. The Labute approximate surface area is 127 Å². The average molecular weight is 360 g/mol. The molecule has 0 heterocycles. The molecule has 0 aliphatic heterocycles. The molecule has 7 heteroatoms. The van der Waals surface area contributed by atoms with E-state index >= 15 is 0 Å². The highest BCUT2D eigenvalue weighted by Gasteiger charge is 2.14. The number of rotatable bonds is 3. The smallest absolute Gasteiger partial charge is 0.337 e. The molecular weight excluding hydrogens is 351 g/mol. The molecule has 0 saturated heterocycles. The molecule has 2 rings (SSSR count). The minimum absolute atomic E-state index is 0.000401. The van der Waals surface area contributed by atoms with E-state index in [-0.39, 0.29) is 16.9 Å². The van der Waals surface area contributed by atoms with Crippen molar-refractivity contribution in [2.75, 3.05) is 11.1 Å². The molecule has 0 spiro atoms. The molecule has 0 saturated carbocycles. The molecule has 104 valence electrons. The summed E-state index contributed by atoms with van der Waals surface area (Å²) in [5, 5.41) is 12.2. The first-order chi connectivity index (χ1) is 9.40. The van der Waals surface area contributed by atoms with Crippen LogP contribution in [0.4, 0.5) is 21.5 Å². The van der Waals surface area contributed by atoms with E-state index in [4.69, 9.17) is 22.4 Å². The number of anilines is 3. The van der Waals surface area contributed by atoms with Gasteiger partial charge >= 0.3 is 5.97 Å². The van der Waals surface area contributed by atoms with Crippen molar-refractivity contribution in [3.05, 3.63) is 51.2 Å². The third-order valence-electron chi connectivity index (χ3n) is 2.59. The lowest BCUT2D eigenvalue weighted by Gasteiger charge is -2.12. The first kappa shape index (κ1) is 14.6. The maximum atomic E-state index is 13.8. The van der Waals surface area contributed by atoms with Crippen molar-refractivity contribution in [2.24, 2.45) is 0 Å². The Hall–Kier alpha value is -1.79. The predicted octanol–water partition coefficient (Wildman–Crippen LogP) is 4.27. The molecule has 4 N–H and O–H groups in total. The quantitative estimate of drug-likeness (QED) is 0.716. The summed E-state index contributed by atoms with van der Waals surface area (Å²) in [5.41, 5.74) is 5.66. The van der Waals surface area contributed by atoms with Gasteiger partial charge in [-0.05, 0) is 40.2 Å². The largest absolute Gasteiger partial charge is 0.478 e. The highest BCUT2D eigenvalue weighted by atomic mass is 79.9. The van der Waals surface area contributed by atoms with Gasteiger partial charge in [0.2, 0.25) is 0 Å². The molecule has 2 aromatic rings. The number of hydrogen-bond donors (Lipinski definition) is 3. The maximum absolute atomic E-state index is 13.8. The van der Waals surface area contributed by atoms with E-state index in [1.807, 2.05) is 0 Å². The Bertz CT molecular complexity index is 694. The molecular formula is C13H9BrClFN2O2. The Morgan fingerprint density at radius 1 is 1.35 bits per heavy atom. The summed E-state index contributed by atoms with van der Waals surface area (Å²) < 4.78 is 14.4. The molecule has 20 heavy (non-hydrogen) atoms. The van der Waals surface area contributed by atoms with Crippen molar-refractivity contribution in [1.82, 2.24) is 0 Å². The second-order valence-electron chi connectivity index (χ2n) is 3.95. The summed E-state index contributed by atoms with van der Waals surface area (Å²) in [6, 6.07) is 7.12. The third kappa shape index (κ3) is 2.86. The summed E-state index contributed by atoms with van der Waals surface area (Å²) in [5.74, 6) is -1.88. The average Bonchev–Trinajstić information content (AvgIpc) is 2.37. The first-order valence-electron chi connectivity index (χ1n) is 5.43. The highest BCUT2D eigenvalue weighted by molar-refractivity contribution is 9.10. The van der Waals surface area contributed by atoms with Gasteiger partial charge in [-0.2, -0.15) is 0 Å². The SMILES string of the molecule is Nc1cc(F)c(Nc2cccc(Cl)c2Br)cc1C(=O)O. The molecule has 0 aliphatic rings. The van der Waals surface area contributed by atoms with Gasteiger partial charge in [0.25, 0.3) is 0 Å². The van der Waals surface area contributed by atoms with Crippen LogP contribution in [0.2, 0.25) is 5.02 Å². The minimum Gasteiger partial charge on any atom is -0.478 e. The summed E-state index contributed by atoms with van der Waals surface area (Å²) in [7, 11) is 0. The van der Waals surface area contributed by atoms with E-state index in [9.17, 15) is 9.18 Å². The van der Waals surface area contributed by atoms with Gasteiger partial charge in [0.1, 0.15) is 5.82 Å². The van der Waals surface area contributed by atoms with E-state index in [2.05, 4.69) is 21.2 Å².